The maximum absolute atomic E-state index is 13.0. The molecule has 0 saturated carbocycles. The standard InChI is InChI=1S/C28H28F3N5O3/c1-27(2,3)39-26(38)35-12-10-19-20-6-8-23(33-25(20)34(4)21(19)11-13-35)36-14-9-17(15-24(36)37)18-5-7-22(32-16-18)28(29,30)31/h5-9,14-16H,10-13H2,1-4H3. The first kappa shape index (κ1) is 26.5. The molecule has 39 heavy (non-hydrogen) atoms. The molecule has 0 spiro atoms. The quantitative estimate of drug-likeness (QED) is 0.352. The van der Waals surface area contributed by atoms with Gasteiger partial charge >= 0.3 is 12.3 Å². The zero-order chi connectivity index (χ0) is 28.1. The molecule has 5 heterocycles. The molecular formula is C28H28F3N5O3. The third kappa shape index (κ3) is 5.25. The van der Waals surface area contributed by atoms with E-state index in [1.54, 1.807) is 23.2 Å². The Labute approximate surface area is 222 Å². The van der Waals surface area contributed by atoms with E-state index in [0.29, 0.717) is 42.9 Å². The highest BCUT2D eigenvalue weighted by molar-refractivity contribution is 5.83. The fraction of sp³-hybridized carbons (Fsp3) is 0.357. The highest BCUT2D eigenvalue weighted by Crippen LogP contribution is 2.30. The molecule has 1 aliphatic heterocycles. The summed E-state index contributed by atoms with van der Waals surface area (Å²) >= 11 is 0. The first-order chi connectivity index (χ1) is 18.3. The van der Waals surface area contributed by atoms with E-state index in [1.165, 1.54) is 16.7 Å². The minimum Gasteiger partial charge on any atom is -0.444 e. The Kier molecular flexibility index (Phi) is 6.48. The van der Waals surface area contributed by atoms with Gasteiger partial charge in [-0.3, -0.25) is 14.3 Å². The molecule has 0 N–H and O–H groups in total. The minimum absolute atomic E-state index is 0.324. The van der Waals surface area contributed by atoms with Crippen LogP contribution in [0.3, 0.4) is 0 Å². The topological polar surface area (TPSA) is 82.3 Å². The van der Waals surface area contributed by atoms with Gasteiger partial charge in [0, 0.05) is 61.7 Å². The lowest BCUT2D eigenvalue weighted by Gasteiger charge is -2.26. The van der Waals surface area contributed by atoms with Crippen molar-refractivity contribution in [3.05, 3.63) is 76.1 Å². The van der Waals surface area contributed by atoms with Crippen molar-refractivity contribution < 1.29 is 22.7 Å². The molecule has 0 atom stereocenters. The Balaban J connectivity index is 1.41. The summed E-state index contributed by atoms with van der Waals surface area (Å²) < 4.78 is 47.4. The summed E-state index contributed by atoms with van der Waals surface area (Å²) in [6.45, 7) is 6.60. The van der Waals surface area contributed by atoms with Gasteiger partial charge in [-0.2, -0.15) is 13.2 Å². The van der Waals surface area contributed by atoms with Crippen molar-refractivity contribution in [2.75, 3.05) is 13.1 Å². The van der Waals surface area contributed by atoms with Crippen LogP contribution in [0.2, 0.25) is 0 Å². The molecule has 0 fully saturated rings. The molecule has 4 aromatic rings. The molecule has 4 aromatic heterocycles. The molecular weight excluding hydrogens is 511 g/mol. The summed E-state index contributed by atoms with van der Waals surface area (Å²) in [4.78, 5) is 35.5. The lowest BCUT2D eigenvalue weighted by atomic mass is 10.1. The number of hydrogen-bond donors (Lipinski definition) is 0. The second-order valence-electron chi connectivity index (χ2n) is 10.5. The van der Waals surface area contributed by atoms with Crippen molar-refractivity contribution in [2.24, 2.45) is 7.05 Å². The third-order valence-electron chi connectivity index (χ3n) is 6.71. The summed E-state index contributed by atoms with van der Waals surface area (Å²) in [5.74, 6) is 0.427. The monoisotopic (exact) mass is 539 g/mol. The number of ether oxygens (including phenoxy) is 1. The van der Waals surface area contributed by atoms with Gasteiger partial charge in [0.2, 0.25) is 0 Å². The number of halogens is 3. The van der Waals surface area contributed by atoms with Crippen LogP contribution >= 0.6 is 0 Å². The summed E-state index contributed by atoms with van der Waals surface area (Å²) in [5, 5.41) is 0.961. The van der Waals surface area contributed by atoms with Gasteiger partial charge in [0.15, 0.2) is 0 Å². The number of pyridine rings is 3. The number of carbonyl (C=O) groups is 1. The molecule has 204 valence electrons. The fourth-order valence-corrected chi connectivity index (χ4v) is 4.84. The average molecular weight is 540 g/mol. The number of hydrogen-bond acceptors (Lipinski definition) is 5. The Morgan fingerprint density at radius 3 is 2.38 bits per heavy atom. The van der Waals surface area contributed by atoms with E-state index in [0.717, 1.165) is 34.6 Å². The molecule has 0 aliphatic carbocycles. The molecule has 8 nitrogen and oxygen atoms in total. The van der Waals surface area contributed by atoms with Gasteiger partial charge in [0.1, 0.15) is 22.8 Å². The molecule has 0 bridgehead atoms. The van der Waals surface area contributed by atoms with Crippen LogP contribution in [0.25, 0.3) is 28.0 Å². The van der Waals surface area contributed by atoms with Gasteiger partial charge in [-0.1, -0.05) is 6.07 Å². The second kappa shape index (κ2) is 9.55. The SMILES string of the molecule is Cn1c2c(c3ccc(-n4ccc(-c5ccc(C(F)(F)F)nc5)cc4=O)nc31)CCN(C(=O)OC(C)(C)C)CC2. The molecule has 1 aliphatic rings. The number of amides is 1. The third-order valence-corrected chi connectivity index (χ3v) is 6.71. The first-order valence-corrected chi connectivity index (χ1v) is 12.5. The molecule has 0 unspecified atom stereocenters. The highest BCUT2D eigenvalue weighted by Gasteiger charge is 2.32. The van der Waals surface area contributed by atoms with Crippen molar-refractivity contribution in [3.8, 4) is 16.9 Å². The van der Waals surface area contributed by atoms with Gasteiger partial charge in [0.05, 0.1) is 0 Å². The maximum Gasteiger partial charge on any atom is 0.433 e. The van der Waals surface area contributed by atoms with Crippen LogP contribution in [0.5, 0.6) is 0 Å². The van der Waals surface area contributed by atoms with E-state index in [1.807, 2.05) is 38.5 Å². The molecule has 0 radical (unpaired) electrons. The Hall–Kier alpha value is -4.15. The van der Waals surface area contributed by atoms with Gasteiger partial charge in [0.25, 0.3) is 5.56 Å². The smallest absolute Gasteiger partial charge is 0.433 e. The van der Waals surface area contributed by atoms with E-state index < -0.39 is 17.5 Å². The first-order valence-electron chi connectivity index (χ1n) is 12.5. The number of fused-ring (bicyclic) bond motifs is 3. The average Bonchev–Trinajstić information content (AvgIpc) is 3.00. The van der Waals surface area contributed by atoms with E-state index in [2.05, 4.69) is 4.98 Å². The van der Waals surface area contributed by atoms with Crippen molar-refractivity contribution >= 4 is 17.1 Å². The van der Waals surface area contributed by atoms with Crippen LogP contribution in [-0.4, -0.2) is 48.8 Å². The molecule has 5 rings (SSSR count). The Morgan fingerprint density at radius 2 is 1.74 bits per heavy atom. The van der Waals surface area contributed by atoms with Gasteiger partial charge < -0.3 is 14.2 Å². The zero-order valence-corrected chi connectivity index (χ0v) is 22.0. The summed E-state index contributed by atoms with van der Waals surface area (Å²) in [5.41, 5.74) is 1.87. The largest absolute Gasteiger partial charge is 0.444 e. The number of nitrogens with zero attached hydrogens (tertiary/aromatic N) is 5. The number of aromatic nitrogens is 4. The lowest BCUT2D eigenvalue weighted by Crippen LogP contribution is -2.38. The van der Waals surface area contributed by atoms with Crippen LogP contribution in [0, 0.1) is 0 Å². The summed E-state index contributed by atoms with van der Waals surface area (Å²) in [6.07, 6.45) is -0.896. The van der Waals surface area contributed by atoms with Crippen molar-refractivity contribution in [2.45, 2.75) is 45.4 Å². The number of rotatable bonds is 2. The molecule has 0 saturated heterocycles. The fourth-order valence-electron chi connectivity index (χ4n) is 4.84. The normalized spacial score (nSPS) is 14.3. The predicted molar refractivity (Wildman–Crippen MR) is 140 cm³/mol. The van der Waals surface area contributed by atoms with Crippen molar-refractivity contribution in [1.82, 2.24) is 24.0 Å². The number of aryl methyl sites for hydroxylation is 1. The maximum atomic E-state index is 13.0. The predicted octanol–water partition coefficient (Wildman–Crippen LogP) is 5.14. The zero-order valence-electron chi connectivity index (χ0n) is 22.0. The summed E-state index contributed by atoms with van der Waals surface area (Å²) in [7, 11) is 1.92. The molecule has 0 aromatic carbocycles. The lowest BCUT2D eigenvalue weighted by molar-refractivity contribution is -0.141. The minimum atomic E-state index is -4.53. The number of alkyl halides is 3. The van der Waals surface area contributed by atoms with E-state index in [9.17, 15) is 22.8 Å². The summed E-state index contributed by atoms with van der Waals surface area (Å²) in [6, 6.07) is 8.87. The highest BCUT2D eigenvalue weighted by atomic mass is 19.4. The van der Waals surface area contributed by atoms with E-state index >= 15 is 0 Å². The van der Waals surface area contributed by atoms with E-state index in [4.69, 9.17) is 9.72 Å². The molecule has 1 amide bonds. The van der Waals surface area contributed by atoms with Crippen LogP contribution < -0.4 is 5.56 Å². The van der Waals surface area contributed by atoms with Gasteiger partial charge in [-0.25, -0.2) is 9.78 Å². The second-order valence-corrected chi connectivity index (χ2v) is 10.5. The van der Waals surface area contributed by atoms with Crippen LogP contribution in [0.1, 0.15) is 37.7 Å². The van der Waals surface area contributed by atoms with Crippen molar-refractivity contribution in [1.29, 1.82) is 0 Å². The van der Waals surface area contributed by atoms with E-state index in [-0.39, 0.29) is 11.7 Å². The Bertz CT molecular complexity index is 1620. The molecule has 11 heteroatoms. The number of carbonyl (C=O) groups excluding carboxylic acids is 1. The van der Waals surface area contributed by atoms with Crippen LogP contribution in [0.15, 0.2) is 53.6 Å². The van der Waals surface area contributed by atoms with Gasteiger partial charge in [-0.05, 0) is 62.6 Å². The van der Waals surface area contributed by atoms with Crippen LogP contribution in [-0.2, 0) is 30.8 Å². The van der Waals surface area contributed by atoms with Crippen LogP contribution in [0.4, 0.5) is 18.0 Å². The van der Waals surface area contributed by atoms with Gasteiger partial charge in [-0.15, -0.1) is 0 Å². The Morgan fingerprint density at radius 1 is 1.00 bits per heavy atom. The van der Waals surface area contributed by atoms with Crippen molar-refractivity contribution in [3.63, 3.8) is 0 Å².